The van der Waals surface area contributed by atoms with Crippen LogP contribution in [0.4, 0.5) is 0 Å². The number of Topliss-reactive ketones (excluding diaryl/α,β-unsaturated/α-hetero) is 1. The molecule has 2 rings (SSSR count). The summed E-state index contributed by atoms with van der Waals surface area (Å²) in [5, 5.41) is 14.7. The average Bonchev–Trinajstić information content (AvgIpc) is 2.71. The van der Waals surface area contributed by atoms with Gasteiger partial charge in [-0.2, -0.15) is 10.4 Å². The Morgan fingerprint density at radius 2 is 2.10 bits per heavy atom. The molecule has 1 fully saturated rings. The number of hydrogen-bond acceptors (Lipinski definition) is 3. The number of nitrogens with zero attached hydrogens (tertiary/aromatic N) is 3. The Kier molecular flexibility index (Phi) is 4.17. The molecule has 4 nitrogen and oxygen atoms in total. The van der Waals surface area contributed by atoms with Crippen LogP contribution in [0.25, 0.3) is 0 Å². The maximum atomic E-state index is 12.8. The van der Waals surface area contributed by atoms with Gasteiger partial charge in [0.25, 0.3) is 0 Å². The van der Waals surface area contributed by atoms with Crippen LogP contribution in [0.5, 0.6) is 0 Å². The molecule has 1 aliphatic carbocycles. The zero-order chi connectivity index (χ0) is 15.8. The van der Waals surface area contributed by atoms with Crippen LogP contribution in [-0.4, -0.2) is 15.6 Å². The minimum atomic E-state index is -0.968. The van der Waals surface area contributed by atoms with E-state index < -0.39 is 10.8 Å². The van der Waals surface area contributed by atoms with E-state index in [2.05, 4.69) is 11.2 Å². The topological polar surface area (TPSA) is 58.7 Å². The number of nitriles is 1. The zero-order valence-electron chi connectivity index (χ0n) is 13.2. The second-order valence-electron chi connectivity index (χ2n) is 6.62. The SMILES string of the molecule is CCc1nn(C)c(CC2(C#N)CCCC(C)(C)C2=O)c1Cl. The molecule has 114 valence electrons. The molecule has 0 aliphatic heterocycles. The maximum Gasteiger partial charge on any atom is 0.159 e. The number of hydrogen-bond donors (Lipinski definition) is 0. The van der Waals surface area contributed by atoms with Crippen LogP contribution in [-0.2, 0) is 24.7 Å². The van der Waals surface area contributed by atoms with Crippen molar-refractivity contribution in [2.75, 3.05) is 0 Å². The van der Waals surface area contributed by atoms with Crippen LogP contribution in [0.3, 0.4) is 0 Å². The minimum Gasteiger partial charge on any atom is -0.297 e. The first-order valence-electron chi connectivity index (χ1n) is 7.44. The first kappa shape index (κ1) is 16.0. The van der Waals surface area contributed by atoms with Gasteiger partial charge < -0.3 is 0 Å². The second kappa shape index (κ2) is 5.46. The van der Waals surface area contributed by atoms with E-state index in [1.807, 2.05) is 27.8 Å². The fourth-order valence-electron chi connectivity index (χ4n) is 3.32. The molecule has 0 amide bonds. The van der Waals surface area contributed by atoms with Crippen molar-refractivity contribution >= 4 is 17.4 Å². The Morgan fingerprint density at radius 1 is 1.43 bits per heavy atom. The molecular weight excluding hydrogens is 286 g/mol. The Balaban J connectivity index is 2.43. The largest absolute Gasteiger partial charge is 0.297 e. The molecule has 1 atom stereocenters. The van der Waals surface area contributed by atoms with Gasteiger partial charge in [0.05, 0.1) is 22.5 Å². The number of aromatic nitrogens is 2. The number of carbonyl (C=O) groups is 1. The predicted octanol–water partition coefficient (Wildman–Crippen LogP) is 3.47. The molecule has 1 heterocycles. The Labute approximate surface area is 131 Å². The lowest BCUT2D eigenvalue weighted by Crippen LogP contribution is -2.45. The standard InChI is InChI=1S/C16H22ClN3O/c1-5-11-13(17)12(20(4)19-11)9-16(10-18)8-6-7-15(2,3)14(16)21/h5-9H2,1-4H3. The van der Waals surface area contributed by atoms with Crippen LogP contribution < -0.4 is 0 Å². The summed E-state index contributed by atoms with van der Waals surface area (Å²) in [6.45, 7) is 5.86. The molecule has 0 aromatic carbocycles. The van der Waals surface area contributed by atoms with Gasteiger partial charge in [0.1, 0.15) is 5.41 Å². The number of carbonyl (C=O) groups excluding carboxylic acids is 1. The van der Waals surface area contributed by atoms with Crippen LogP contribution in [0.1, 0.15) is 51.4 Å². The van der Waals surface area contributed by atoms with Gasteiger partial charge >= 0.3 is 0 Å². The lowest BCUT2D eigenvalue weighted by atomic mass is 9.61. The van der Waals surface area contributed by atoms with Gasteiger partial charge in [-0.1, -0.05) is 38.8 Å². The third-order valence-electron chi connectivity index (χ3n) is 4.64. The van der Waals surface area contributed by atoms with Crippen molar-refractivity contribution in [1.82, 2.24) is 9.78 Å². The van der Waals surface area contributed by atoms with E-state index in [1.165, 1.54) is 0 Å². The number of aryl methyl sites for hydroxylation is 2. The molecular formula is C16H22ClN3O. The number of ketones is 1. The highest BCUT2D eigenvalue weighted by atomic mass is 35.5. The molecule has 5 heteroatoms. The minimum absolute atomic E-state index is 0.0408. The van der Waals surface area contributed by atoms with E-state index in [-0.39, 0.29) is 5.78 Å². The van der Waals surface area contributed by atoms with E-state index in [4.69, 9.17) is 11.6 Å². The van der Waals surface area contributed by atoms with Crippen LogP contribution in [0.15, 0.2) is 0 Å². The fourth-order valence-corrected chi connectivity index (χ4v) is 3.68. The summed E-state index contributed by atoms with van der Waals surface area (Å²) >= 11 is 6.38. The fraction of sp³-hybridized carbons (Fsp3) is 0.688. The van der Waals surface area contributed by atoms with Gasteiger partial charge in [0.2, 0.25) is 0 Å². The van der Waals surface area contributed by atoms with Crippen LogP contribution >= 0.6 is 11.6 Å². The monoisotopic (exact) mass is 307 g/mol. The van der Waals surface area contributed by atoms with Gasteiger partial charge in [-0.15, -0.1) is 0 Å². The predicted molar refractivity (Wildman–Crippen MR) is 82.0 cm³/mol. The highest BCUT2D eigenvalue weighted by molar-refractivity contribution is 6.32. The highest BCUT2D eigenvalue weighted by Gasteiger charge is 2.49. The third kappa shape index (κ3) is 2.60. The Hall–Kier alpha value is -1.34. The summed E-state index contributed by atoms with van der Waals surface area (Å²) in [5.41, 5.74) is 0.211. The molecule has 21 heavy (non-hydrogen) atoms. The van der Waals surface area contributed by atoms with E-state index in [1.54, 1.807) is 4.68 Å². The summed E-state index contributed by atoms with van der Waals surface area (Å²) in [6, 6.07) is 2.30. The summed E-state index contributed by atoms with van der Waals surface area (Å²) < 4.78 is 1.72. The van der Waals surface area contributed by atoms with Crippen LogP contribution in [0.2, 0.25) is 5.02 Å². The first-order chi connectivity index (χ1) is 9.77. The molecule has 0 saturated heterocycles. The van der Waals surface area contributed by atoms with Crippen molar-refractivity contribution < 1.29 is 4.79 Å². The summed E-state index contributed by atoms with van der Waals surface area (Å²) in [7, 11) is 1.82. The quantitative estimate of drug-likeness (QED) is 0.859. The van der Waals surface area contributed by atoms with Gasteiger partial charge in [-0.3, -0.25) is 9.48 Å². The van der Waals surface area contributed by atoms with Crippen molar-refractivity contribution in [1.29, 1.82) is 5.26 Å². The first-order valence-corrected chi connectivity index (χ1v) is 7.81. The van der Waals surface area contributed by atoms with Gasteiger partial charge in [-0.05, 0) is 19.3 Å². The van der Waals surface area contributed by atoms with Crippen molar-refractivity contribution in [3.05, 3.63) is 16.4 Å². The van der Waals surface area contributed by atoms with Gasteiger partial charge in [0, 0.05) is 18.9 Å². The lowest BCUT2D eigenvalue weighted by molar-refractivity contribution is -0.138. The van der Waals surface area contributed by atoms with E-state index in [0.717, 1.165) is 30.7 Å². The molecule has 0 N–H and O–H groups in total. The summed E-state index contributed by atoms with van der Waals surface area (Å²) in [4.78, 5) is 12.8. The lowest BCUT2D eigenvalue weighted by Gasteiger charge is -2.39. The van der Waals surface area contributed by atoms with Crippen molar-refractivity contribution in [3.63, 3.8) is 0 Å². The van der Waals surface area contributed by atoms with Crippen molar-refractivity contribution in [2.24, 2.45) is 17.9 Å². The second-order valence-corrected chi connectivity index (χ2v) is 7.00. The Morgan fingerprint density at radius 3 is 2.62 bits per heavy atom. The molecule has 1 aromatic rings. The molecule has 1 aliphatic rings. The molecule has 0 spiro atoms. The normalized spacial score (nSPS) is 24.9. The molecule has 0 radical (unpaired) electrons. The molecule has 1 aromatic heterocycles. The number of rotatable bonds is 3. The molecule has 1 unspecified atom stereocenters. The maximum absolute atomic E-state index is 12.8. The molecule has 0 bridgehead atoms. The van der Waals surface area contributed by atoms with Crippen molar-refractivity contribution in [2.45, 2.75) is 52.9 Å². The van der Waals surface area contributed by atoms with E-state index >= 15 is 0 Å². The smallest absolute Gasteiger partial charge is 0.159 e. The molecule has 1 saturated carbocycles. The van der Waals surface area contributed by atoms with Gasteiger partial charge in [-0.25, -0.2) is 0 Å². The average molecular weight is 308 g/mol. The zero-order valence-corrected chi connectivity index (χ0v) is 13.9. The van der Waals surface area contributed by atoms with Crippen LogP contribution in [0, 0.1) is 22.2 Å². The van der Waals surface area contributed by atoms with Gasteiger partial charge in [0.15, 0.2) is 5.78 Å². The van der Waals surface area contributed by atoms with Crippen molar-refractivity contribution in [3.8, 4) is 6.07 Å². The summed E-state index contributed by atoms with van der Waals surface area (Å²) in [6.07, 6.45) is 3.44. The Bertz CT molecular complexity index is 612. The highest BCUT2D eigenvalue weighted by Crippen LogP contribution is 2.45. The number of halogens is 1. The van der Waals surface area contributed by atoms with E-state index in [9.17, 15) is 10.1 Å². The summed E-state index contributed by atoms with van der Waals surface area (Å²) in [5.74, 6) is 0.0408. The van der Waals surface area contributed by atoms with E-state index in [0.29, 0.717) is 17.9 Å². The third-order valence-corrected chi connectivity index (χ3v) is 5.08.